The van der Waals surface area contributed by atoms with Crippen LogP contribution in [-0.2, 0) is 28.8 Å². The van der Waals surface area contributed by atoms with Gasteiger partial charge in [-0.1, -0.05) is 0 Å². The van der Waals surface area contributed by atoms with Gasteiger partial charge < -0.3 is 48.5 Å². The molecule has 0 fully saturated rings. The summed E-state index contributed by atoms with van der Waals surface area (Å²) in [5, 5.41) is 33.5. The molecule has 0 saturated heterocycles. The number of aliphatic carboxylic acids is 1. The highest BCUT2D eigenvalue weighted by Crippen LogP contribution is 2.03. The molecule has 5 atom stereocenters. The summed E-state index contributed by atoms with van der Waals surface area (Å²) in [6, 6.07) is -6.22. The maximum absolute atomic E-state index is 12.6. The van der Waals surface area contributed by atoms with Gasteiger partial charge in [-0.2, -0.15) is 0 Å². The number of carbonyl (C=O) groups is 6. The Hall–Kier alpha value is -3.30. The highest BCUT2D eigenvalue weighted by molar-refractivity contribution is 5.96. The summed E-state index contributed by atoms with van der Waals surface area (Å²) in [6.07, 6.45) is -2.65. The largest absolute Gasteiger partial charge is 0.480 e. The maximum Gasteiger partial charge on any atom is 0.328 e. The third-order valence-corrected chi connectivity index (χ3v) is 3.97. The van der Waals surface area contributed by atoms with Crippen molar-refractivity contribution in [1.29, 1.82) is 0 Å². The Morgan fingerprint density at radius 1 is 0.839 bits per heavy atom. The number of amides is 5. The first-order valence-corrected chi connectivity index (χ1v) is 9.05. The third-order valence-electron chi connectivity index (χ3n) is 3.97. The molecule has 0 rings (SSSR count). The number of nitrogens with one attached hydrogen (secondary N) is 3. The van der Waals surface area contributed by atoms with Crippen molar-refractivity contribution in [2.24, 2.45) is 17.2 Å². The lowest BCUT2D eigenvalue weighted by atomic mass is 10.1. The lowest BCUT2D eigenvalue weighted by Crippen LogP contribution is -2.59. The van der Waals surface area contributed by atoms with Crippen molar-refractivity contribution in [3.8, 4) is 0 Å². The number of hydrogen-bond donors (Lipinski definition) is 9. The van der Waals surface area contributed by atoms with E-state index in [4.69, 9.17) is 27.4 Å². The number of nitrogens with two attached hydrogens (primary N) is 3. The first kappa shape index (κ1) is 27.7. The van der Waals surface area contributed by atoms with Crippen LogP contribution in [0, 0.1) is 0 Å². The second-order valence-corrected chi connectivity index (χ2v) is 6.65. The predicted octanol–water partition coefficient (Wildman–Crippen LogP) is -5.63. The molecule has 0 aromatic carbocycles. The lowest BCUT2D eigenvalue weighted by molar-refractivity contribution is -0.143. The molecule has 0 aromatic heterocycles. The Morgan fingerprint density at radius 2 is 1.32 bits per heavy atom. The molecular formula is C16H28N6O9. The van der Waals surface area contributed by atoms with Crippen molar-refractivity contribution < 1.29 is 44.1 Å². The molecule has 0 aliphatic carbocycles. The molecule has 0 spiro atoms. The van der Waals surface area contributed by atoms with Crippen LogP contribution in [0.25, 0.3) is 0 Å². The van der Waals surface area contributed by atoms with Crippen LogP contribution in [-0.4, -0.2) is 87.7 Å². The summed E-state index contributed by atoms with van der Waals surface area (Å²) in [5.41, 5.74) is 15.6. The molecule has 0 radical (unpaired) electrons. The summed E-state index contributed by atoms with van der Waals surface area (Å²) in [7, 11) is 0. The van der Waals surface area contributed by atoms with Crippen molar-refractivity contribution in [2.45, 2.75) is 56.5 Å². The fourth-order valence-electron chi connectivity index (χ4n) is 2.18. The fraction of sp³-hybridized carbons (Fsp3) is 0.625. The highest BCUT2D eigenvalue weighted by Gasteiger charge is 2.31. The van der Waals surface area contributed by atoms with E-state index in [2.05, 4.69) is 10.6 Å². The van der Waals surface area contributed by atoms with Crippen LogP contribution in [0.1, 0.15) is 26.2 Å². The van der Waals surface area contributed by atoms with Crippen LogP contribution in [0.5, 0.6) is 0 Å². The van der Waals surface area contributed by atoms with Gasteiger partial charge in [0, 0.05) is 6.42 Å². The van der Waals surface area contributed by atoms with E-state index >= 15 is 0 Å². The minimum absolute atomic E-state index is 0.307. The Labute approximate surface area is 176 Å². The van der Waals surface area contributed by atoms with Gasteiger partial charge in [-0.15, -0.1) is 0 Å². The highest BCUT2D eigenvalue weighted by atomic mass is 16.4. The van der Waals surface area contributed by atoms with Gasteiger partial charge in [-0.3, -0.25) is 24.0 Å². The first-order valence-electron chi connectivity index (χ1n) is 9.05. The second-order valence-electron chi connectivity index (χ2n) is 6.65. The van der Waals surface area contributed by atoms with Crippen LogP contribution in [0.15, 0.2) is 0 Å². The average molecular weight is 448 g/mol. The summed E-state index contributed by atoms with van der Waals surface area (Å²) < 4.78 is 0. The molecular weight excluding hydrogens is 420 g/mol. The first-order chi connectivity index (χ1) is 14.3. The molecule has 31 heavy (non-hydrogen) atoms. The number of aliphatic hydroxyl groups is 2. The summed E-state index contributed by atoms with van der Waals surface area (Å²) in [5.74, 6) is -6.52. The number of carbonyl (C=O) groups excluding carboxylic acids is 5. The second kappa shape index (κ2) is 13.1. The zero-order chi connectivity index (χ0) is 24.3. The third kappa shape index (κ3) is 10.3. The molecule has 5 amide bonds. The SMILES string of the molecule is C[C@@H](O)[C@H](N)C(=O)N[C@@H](CCC(N)=O)C(=O)N[C@@H](CC(N)=O)C(=O)N[C@@H](CO)C(=O)O. The monoisotopic (exact) mass is 448 g/mol. The molecule has 12 N–H and O–H groups in total. The maximum atomic E-state index is 12.6. The predicted molar refractivity (Wildman–Crippen MR) is 102 cm³/mol. The number of carboxylic acids is 1. The summed E-state index contributed by atoms with van der Waals surface area (Å²) in [4.78, 5) is 70.2. The molecule has 176 valence electrons. The van der Waals surface area contributed by atoms with E-state index in [9.17, 15) is 33.9 Å². The number of aliphatic hydroxyl groups excluding tert-OH is 2. The summed E-state index contributed by atoms with van der Waals surface area (Å²) >= 11 is 0. The average Bonchev–Trinajstić information content (AvgIpc) is 2.66. The molecule has 0 aliphatic rings. The number of carboxylic acid groups (broad SMARTS) is 1. The summed E-state index contributed by atoms with van der Waals surface area (Å²) in [6.45, 7) is 0.267. The van der Waals surface area contributed by atoms with Gasteiger partial charge in [0.15, 0.2) is 0 Å². The van der Waals surface area contributed by atoms with E-state index in [0.717, 1.165) is 0 Å². The van der Waals surface area contributed by atoms with E-state index < -0.39 is 78.8 Å². The topological polar surface area (TPSA) is 277 Å². The van der Waals surface area contributed by atoms with Gasteiger partial charge in [0.25, 0.3) is 0 Å². The van der Waals surface area contributed by atoms with Crippen LogP contribution in [0.3, 0.4) is 0 Å². The van der Waals surface area contributed by atoms with Crippen LogP contribution >= 0.6 is 0 Å². The zero-order valence-electron chi connectivity index (χ0n) is 16.7. The fourth-order valence-corrected chi connectivity index (χ4v) is 2.18. The Bertz CT molecular complexity index is 699. The van der Waals surface area contributed by atoms with Crippen molar-refractivity contribution in [3.05, 3.63) is 0 Å². The molecule has 0 saturated carbocycles. The quantitative estimate of drug-likeness (QED) is 0.121. The van der Waals surface area contributed by atoms with E-state index in [0.29, 0.717) is 0 Å². The van der Waals surface area contributed by atoms with Gasteiger partial charge in [0.05, 0.1) is 19.1 Å². The molecule has 0 aliphatic heterocycles. The normalized spacial score (nSPS) is 15.5. The Kier molecular flexibility index (Phi) is 11.7. The van der Waals surface area contributed by atoms with Gasteiger partial charge in [-0.25, -0.2) is 4.79 Å². The molecule has 0 aromatic rings. The molecule has 15 heteroatoms. The van der Waals surface area contributed by atoms with Crippen molar-refractivity contribution in [1.82, 2.24) is 16.0 Å². The van der Waals surface area contributed by atoms with E-state index in [-0.39, 0.29) is 12.8 Å². The van der Waals surface area contributed by atoms with Crippen molar-refractivity contribution in [2.75, 3.05) is 6.61 Å². The van der Waals surface area contributed by atoms with Gasteiger partial charge in [0.2, 0.25) is 29.5 Å². The van der Waals surface area contributed by atoms with E-state index in [1.165, 1.54) is 6.92 Å². The van der Waals surface area contributed by atoms with Crippen LogP contribution in [0.2, 0.25) is 0 Å². The number of hydrogen-bond acceptors (Lipinski definition) is 9. The van der Waals surface area contributed by atoms with E-state index in [1.807, 2.05) is 5.32 Å². The van der Waals surface area contributed by atoms with Crippen molar-refractivity contribution in [3.63, 3.8) is 0 Å². The van der Waals surface area contributed by atoms with E-state index in [1.54, 1.807) is 0 Å². The molecule has 0 unspecified atom stereocenters. The number of rotatable bonds is 14. The minimum atomic E-state index is -1.71. The zero-order valence-corrected chi connectivity index (χ0v) is 16.7. The molecule has 0 bridgehead atoms. The van der Waals surface area contributed by atoms with Crippen molar-refractivity contribution >= 4 is 35.5 Å². The minimum Gasteiger partial charge on any atom is -0.480 e. The Morgan fingerprint density at radius 3 is 1.74 bits per heavy atom. The van der Waals surface area contributed by atoms with Crippen LogP contribution in [0.4, 0.5) is 0 Å². The van der Waals surface area contributed by atoms with Crippen LogP contribution < -0.4 is 33.2 Å². The van der Waals surface area contributed by atoms with Gasteiger partial charge in [0.1, 0.15) is 24.2 Å². The standard InChI is InChI=1S/C16H28N6O9/c1-6(24)12(19)15(29)20-7(2-3-10(17)25)13(27)21-8(4-11(18)26)14(28)22-9(5-23)16(30)31/h6-9,12,23-24H,2-5,19H2,1H3,(H2,17,25)(H2,18,26)(H,20,29)(H,21,27)(H,22,28)(H,30,31)/t6-,7+,8+,9+,12+/m1/s1. The van der Waals surface area contributed by atoms with Gasteiger partial charge >= 0.3 is 5.97 Å². The smallest absolute Gasteiger partial charge is 0.328 e. The Balaban J connectivity index is 5.51. The molecule has 15 nitrogen and oxygen atoms in total. The van der Waals surface area contributed by atoms with Gasteiger partial charge in [-0.05, 0) is 13.3 Å². The lowest BCUT2D eigenvalue weighted by Gasteiger charge is -2.24. The molecule has 0 heterocycles. The number of primary amides is 2.